The average molecular weight is 291 g/mol. The molecule has 2 atom stereocenters. The van der Waals surface area contributed by atoms with Crippen molar-refractivity contribution in [2.75, 3.05) is 19.8 Å². The average Bonchev–Trinajstić information content (AvgIpc) is 2.56. The Kier molecular flexibility index (Phi) is 7.04. The first-order valence-corrected chi connectivity index (χ1v) is 8.41. The Bertz CT molecular complexity index is 385. The van der Waals surface area contributed by atoms with E-state index < -0.39 is 0 Å². The topological polar surface area (TPSA) is 30.5 Å². The second-order valence-corrected chi connectivity index (χ2v) is 5.78. The number of ether oxygens (including phenoxy) is 2. The molecule has 0 bridgehead atoms. The van der Waals surface area contributed by atoms with Gasteiger partial charge in [-0.2, -0.15) is 0 Å². The first kappa shape index (κ1) is 16.3. The van der Waals surface area contributed by atoms with E-state index in [0.29, 0.717) is 12.6 Å². The SMILES string of the molecule is CCCNC(CC)c1ccc(OCC2CCCCO2)cc1. The van der Waals surface area contributed by atoms with E-state index in [2.05, 4.69) is 43.4 Å². The van der Waals surface area contributed by atoms with Crippen molar-refractivity contribution in [2.45, 2.75) is 58.1 Å². The maximum absolute atomic E-state index is 5.85. The van der Waals surface area contributed by atoms with E-state index in [0.717, 1.165) is 31.7 Å². The third-order valence-corrected chi connectivity index (χ3v) is 4.04. The van der Waals surface area contributed by atoms with E-state index in [-0.39, 0.29) is 6.10 Å². The second kappa shape index (κ2) is 9.06. The van der Waals surface area contributed by atoms with Gasteiger partial charge in [-0.3, -0.25) is 0 Å². The van der Waals surface area contributed by atoms with Crippen molar-refractivity contribution in [1.82, 2.24) is 5.32 Å². The standard InChI is InChI=1S/C18H29NO2/c1-3-12-19-18(4-2)15-8-10-16(11-9-15)21-14-17-7-5-6-13-20-17/h8-11,17-19H,3-7,12-14H2,1-2H3. The van der Waals surface area contributed by atoms with Crippen molar-refractivity contribution in [3.05, 3.63) is 29.8 Å². The lowest BCUT2D eigenvalue weighted by Gasteiger charge is -2.23. The van der Waals surface area contributed by atoms with Crippen molar-refractivity contribution in [1.29, 1.82) is 0 Å². The first-order chi connectivity index (χ1) is 10.3. The van der Waals surface area contributed by atoms with Crippen LogP contribution in [0.1, 0.15) is 57.6 Å². The third kappa shape index (κ3) is 5.33. The molecular formula is C18H29NO2. The zero-order chi connectivity index (χ0) is 14.9. The van der Waals surface area contributed by atoms with Crippen LogP contribution in [-0.2, 0) is 4.74 Å². The predicted octanol–water partition coefficient (Wildman–Crippen LogP) is 4.09. The molecule has 0 saturated carbocycles. The van der Waals surface area contributed by atoms with Crippen molar-refractivity contribution in [3.63, 3.8) is 0 Å². The Balaban J connectivity index is 1.82. The normalized spacial score (nSPS) is 20.2. The highest BCUT2D eigenvalue weighted by Gasteiger charge is 2.14. The van der Waals surface area contributed by atoms with E-state index in [9.17, 15) is 0 Å². The number of hydrogen-bond acceptors (Lipinski definition) is 3. The Hall–Kier alpha value is -1.06. The van der Waals surface area contributed by atoms with Crippen molar-refractivity contribution in [3.8, 4) is 5.75 Å². The third-order valence-electron chi connectivity index (χ3n) is 4.04. The smallest absolute Gasteiger partial charge is 0.119 e. The van der Waals surface area contributed by atoms with Crippen LogP contribution in [-0.4, -0.2) is 25.9 Å². The maximum atomic E-state index is 5.85. The maximum Gasteiger partial charge on any atom is 0.119 e. The largest absolute Gasteiger partial charge is 0.491 e. The predicted molar refractivity (Wildman–Crippen MR) is 86.9 cm³/mol. The highest BCUT2D eigenvalue weighted by molar-refractivity contribution is 5.29. The number of rotatable bonds is 8. The molecule has 21 heavy (non-hydrogen) atoms. The monoisotopic (exact) mass is 291 g/mol. The lowest BCUT2D eigenvalue weighted by atomic mass is 10.0. The van der Waals surface area contributed by atoms with Gasteiger partial charge in [0.25, 0.3) is 0 Å². The molecule has 1 fully saturated rings. The molecule has 0 radical (unpaired) electrons. The van der Waals surface area contributed by atoms with Crippen molar-refractivity contribution in [2.24, 2.45) is 0 Å². The minimum Gasteiger partial charge on any atom is -0.491 e. The Morgan fingerprint density at radius 1 is 1.24 bits per heavy atom. The van der Waals surface area contributed by atoms with Crippen LogP contribution in [0.4, 0.5) is 0 Å². The summed E-state index contributed by atoms with van der Waals surface area (Å²) in [6.07, 6.45) is 6.11. The van der Waals surface area contributed by atoms with Gasteiger partial charge in [0.2, 0.25) is 0 Å². The quantitative estimate of drug-likeness (QED) is 0.782. The fourth-order valence-electron chi connectivity index (χ4n) is 2.74. The summed E-state index contributed by atoms with van der Waals surface area (Å²) >= 11 is 0. The molecule has 0 aromatic heterocycles. The van der Waals surface area contributed by atoms with Crippen LogP contribution in [0.25, 0.3) is 0 Å². The molecule has 3 heteroatoms. The van der Waals surface area contributed by atoms with Gasteiger partial charge in [0.1, 0.15) is 12.4 Å². The molecule has 1 aliphatic heterocycles. The van der Waals surface area contributed by atoms with Crippen LogP contribution in [0, 0.1) is 0 Å². The summed E-state index contributed by atoms with van der Waals surface area (Å²) in [5, 5.41) is 3.58. The Morgan fingerprint density at radius 2 is 2.05 bits per heavy atom. The summed E-state index contributed by atoms with van der Waals surface area (Å²) in [6, 6.07) is 8.95. The molecule has 1 N–H and O–H groups in total. The van der Waals surface area contributed by atoms with Gasteiger partial charge in [-0.15, -0.1) is 0 Å². The molecule has 1 aromatic rings. The lowest BCUT2D eigenvalue weighted by Crippen LogP contribution is -2.25. The van der Waals surface area contributed by atoms with Gasteiger partial charge in [-0.05, 0) is 56.3 Å². The number of hydrogen-bond donors (Lipinski definition) is 1. The van der Waals surface area contributed by atoms with Gasteiger partial charge in [0, 0.05) is 12.6 Å². The van der Waals surface area contributed by atoms with Crippen LogP contribution < -0.4 is 10.1 Å². The minimum atomic E-state index is 0.271. The molecular weight excluding hydrogens is 262 g/mol. The minimum absolute atomic E-state index is 0.271. The zero-order valence-electron chi connectivity index (χ0n) is 13.4. The first-order valence-electron chi connectivity index (χ1n) is 8.41. The second-order valence-electron chi connectivity index (χ2n) is 5.78. The summed E-state index contributed by atoms with van der Waals surface area (Å²) < 4.78 is 11.5. The molecule has 2 unspecified atom stereocenters. The molecule has 1 heterocycles. The lowest BCUT2D eigenvalue weighted by molar-refractivity contribution is -0.0110. The van der Waals surface area contributed by atoms with E-state index in [1.54, 1.807) is 0 Å². The van der Waals surface area contributed by atoms with Gasteiger partial charge in [-0.25, -0.2) is 0 Å². The van der Waals surface area contributed by atoms with Crippen LogP contribution in [0.2, 0.25) is 0 Å². The zero-order valence-corrected chi connectivity index (χ0v) is 13.4. The van der Waals surface area contributed by atoms with Gasteiger partial charge >= 0.3 is 0 Å². The molecule has 3 nitrogen and oxygen atoms in total. The summed E-state index contributed by atoms with van der Waals surface area (Å²) in [6.45, 7) is 7.04. The molecule has 0 amide bonds. The molecule has 1 aromatic carbocycles. The molecule has 2 rings (SSSR count). The highest BCUT2D eigenvalue weighted by atomic mass is 16.5. The Morgan fingerprint density at radius 3 is 2.67 bits per heavy atom. The van der Waals surface area contributed by atoms with Crippen LogP contribution in [0.15, 0.2) is 24.3 Å². The Labute approximate surface area is 129 Å². The van der Waals surface area contributed by atoms with E-state index in [1.165, 1.54) is 24.8 Å². The van der Waals surface area contributed by atoms with Crippen molar-refractivity contribution < 1.29 is 9.47 Å². The summed E-state index contributed by atoms with van der Waals surface area (Å²) in [5.41, 5.74) is 1.34. The summed E-state index contributed by atoms with van der Waals surface area (Å²) in [4.78, 5) is 0. The fourth-order valence-corrected chi connectivity index (χ4v) is 2.74. The van der Waals surface area contributed by atoms with E-state index >= 15 is 0 Å². The van der Waals surface area contributed by atoms with Gasteiger partial charge < -0.3 is 14.8 Å². The molecule has 0 spiro atoms. The van der Waals surface area contributed by atoms with Crippen molar-refractivity contribution >= 4 is 0 Å². The highest BCUT2D eigenvalue weighted by Crippen LogP contribution is 2.21. The number of benzene rings is 1. The number of nitrogens with one attached hydrogen (secondary N) is 1. The van der Waals surface area contributed by atoms with Crippen LogP contribution >= 0.6 is 0 Å². The van der Waals surface area contributed by atoms with Gasteiger partial charge in [0.05, 0.1) is 6.10 Å². The molecule has 1 aliphatic rings. The summed E-state index contributed by atoms with van der Waals surface area (Å²) in [5.74, 6) is 0.943. The molecule has 1 saturated heterocycles. The van der Waals surface area contributed by atoms with E-state index in [4.69, 9.17) is 9.47 Å². The molecule has 0 aliphatic carbocycles. The van der Waals surface area contributed by atoms with Crippen LogP contribution in [0.5, 0.6) is 5.75 Å². The van der Waals surface area contributed by atoms with Gasteiger partial charge in [0.15, 0.2) is 0 Å². The molecule has 118 valence electrons. The van der Waals surface area contributed by atoms with Gasteiger partial charge in [-0.1, -0.05) is 26.0 Å². The fraction of sp³-hybridized carbons (Fsp3) is 0.667. The van der Waals surface area contributed by atoms with Crippen LogP contribution in [0.3, 0.4) is 0 Å². The summed E-state index contributed by atoms with van der Waals surface area (Å²) in [7, 11) is 0. The van der Waals surface area contributed by atoms with E-state index in [1.807, 2.05) is 0 Å².